The summed E-state index contributed by atoms with van der Waals surface area (Å²) >= 11 is 4.97. The average Bonchev–Trinajstić information content (AvgIpc) is 3.08. The van der Waals surface area contributed by atoms with Crippen molar-refractivity contribution < 1.29 is 14.3 Å². The van der Waals surface area contributed by atoms with Gasteiger partial charge in [0.05, 0.1) is 31.3 Å². The van der Waals surface area contributed by atoms with E-state index in [0.29, 0.717) is 31.3 Å². The summed E-state index contributed by atoms with van der Waals surface area (Å²) in [5.41, 5.74) is 1.74. The van der Waals surface area contributed by atoms with E-state index in [9.17, 15) is 9.59 Å². The van der Waals surface area contributed by atoms with E-state index >= 15 is 0 Å². The predicted octanol–water partition coefficient (Wildman–Crippen LogP) is 1.18. The lowest BCUT2D eigenvalue weighted by Crippen LogP contribution is -2.32. The fourth-order valence-electron chi connectivity index (χ4n) is 2.78. The SMILES string of the molecule is CC(=S)NCC1CN(c2ccc(N3CC(=O)N(C)C3)cc2)C(=O)O1. The second-order valence-electron chi connectivity index (χ2n) is 6.00. The van der Waals surface area contributed by atoms with E-state index in [1.807, 2.05) is 29.2 Å². The summed E-state index contributed by atoms with van der Waals surface area (Å²) in [5.74, 6) is 0.103. The number of nitrogens with zero attached hydrogens (tertiary/aromatic N) is 3. The molecule has 0 radical (unpaired) electrons. The molecule has 1 unspecified atom stereocenters. The maximum absolute atomic E-state index is 12.0. The van der Waals surface area contributed by atoms with Crippen molar-refractivity contribution in [3.05, 3.63) is 24.3 Å². The molecule has 0 saturated carbocycles. The number of carbonyl (C=O) groups is 2. The Morgan fingerprint density at radius 1 is 1.29 bits per heavy atom. The molecular weight excluding hydrogens is 328 g/mol. The normalized spacial score (nSPS) is 20.6. The number of rotatable bonds is 4. The zero-order chi connectivity index (χ0) is 17.3. The Hall–Kier alpha value is -2.35. The first-order chi connectivity index (χ1) is 11.4. The smallest absolute Gasteiger partial charge is 0.414 e. The molecular formula is C16H20N4O3S. The first-order valence-corrected chi connectivity index (χ1v) is 8.16. The minimum absolute atomic E-state index is 0.103. The second-order valence-corrected chi connectivity index (χ2v) is 6.61. The number of thiocarbonyl (C=S) groups is 1. The standard InChI is InChI=1S/C16H20N4O3S/c1-11(24)17-7-14-8-20(16(22)23-14)13-5-3-12(4-6-13)19-9-15(21)18(2)10-19/h3-6,14H,7-10H2,1-2H3,(H,17,24). The number of benzene rings is 1. The van der Waals surface area contributed by atoms with Gasteiger partial charge < -0.3 is 19.9 Å². The van der Waals surface area contributed by atoms with Gasteiger partial charge in [-0.1, -0.05) is 12.2 Å². The summed E-state index contributed by atoms with van der Waals surface area (Å²) < 4.78 is 5.34. The van der Waals surface area contributed by atoms with Gasteiger partial charge in [-0.3, -0.25) is 9.69 Å². The number of hydrogen-bond acceptors (Lipinski definition) is 5. The number of likely N-dealkylation sites (N-methyl/N-ethyl adjacent to an activating group) is 1. The number of nitrogens with one attached hydrogen (secondary N) is 1. The van der Waals surface area contributed by atoms with Gasteiger partial charge in [-0.05, 0) is 31.2 Å². The van der Waals surface area contributed by atoms with Crippen LogP contribution in [0.25, 0.3) is 0 Å². The van der Waals surface area contributed by atoms with Crippen LogP contribution in [0.1, 0.15) is 6.92 Å². The van der Waals surface area contributed by atoms with Crippen LogP contribution < -0.4 is 15.1 Å². The number of cyclic esters (lactones) is 1. The van der Waals surface area contributed by atoms with Crippen molar-refractivity contribution >= 4 is 40.6 Å². The first kappa shape index (κ1) is 16.5. The third kappa shape index (κ3) is 3.43. The number of anilines is 2. The van der Waals surface area contributed by atoms with Crippen LogP contribution in [0.4, 0.5) is 16.2 Å². The van der Waals surface area contributed by atoms with Crippen LogP contribution in [-0.4, -0.2) is 61.3 Å². The van der Waals surface area contributed by atoms with Gasteiger partial charge in [0.1, 0.15) is 6.10 Å². The Labute approximate surface area is 146 Å². The van der Waals surface area contributed by atoms with Crippen molar-refractivity contribution in [2.24, 2.45) is 0 Å². The van der Waals surface area contributed by atoms with Crippen molar-refractivity contribution in [1.29, 1.82) is 0 Å². The zero-order valence-corrected chi connectivity index (χ0v) is 14.5. The van der Waals surface area contributed by atoms with Crippen LogP contribution >= 0.6 is 12.2 Å². The maximum atomic E-state index is 12.0. The molecule has 2 aliphatic heterocycles. The van der Waals surface area contributed by atoms with Gasteiger partial charge in [0.25, 0.3) is 0 Å². The molecule has 128 valence electrons. The number of ether oxygens (including phenoxy) is 1. The van der Waals surface area contributed by atoms with E-state index in [-0.39, 0.29) is 18.1 Å². The largest absolute Gasteiger partial charge is 0.442 e. The van der Waals surface area contributed by atoms with Gasteiger partial charge in [0.2, 0.25) is 5.91 Å². The predicted molar refractivity (Wildman–Crippen MR) is 95.3 cm³/mol. The molecule has 3 rings (SSSR count). The average molecular weight is 348 g/mol. The fraction of sp³-hybridized carbons (Fsp3) is 0.438. The molecule has 2 fully saturated rings. The van der Waals surface area contributed by atoms with E-state index in [1.165, 1.54) is 0 Å². The van der Waals surface area contributed by atoms with Crippen LogP contribution in [0.3, 0.4) is 0 Å². The summed E-state index contributed by atoms with van der Waals surface area (Å²) in [6.45, 7) is 3.75. The minimum atomic E-state index is -0.354. The lowest BCUT2D eigenvalue weighted by molar-refractivity contribution is -0.125. The van der Waals surface area contributed by atoms with Crippen molar-refractivity contribution in [2.45, 2.75) is 13.0 Å². The molecule has 8 heteroatoms. The summed E-state index contributed by atoms with van der Waals surface area (Å²) in [7, 11) is 1.78. The third-order valence-electron chi connectivity index (χ3n) is 4.11. The zero-order valence-electron chi connectivity index (χ0n) is 13.7. The lowest BCUT2D eigenvalue weighted by atomic mass is 10.2. The van der Waals surface area contributed by atoms with Crippen molar-refractivity contribution in [2.75, 3.05) is 43.2 Å². The first-order valence-electron chi connectivity index (χ1n) is 7.75. The molecule has 2 aliphatic rings. The topological polar surface area (TPSA) is 65.1 Å². The Bertz CT molecular complexity index is 664. The molecule has 1 atom stereocenters. The Kier molecular flexibility index (Phi) is 4.57. The molecule has 0 aromatic heterocycles. The van der Waals surface area contributed by atoms with Crippen molar-refractivity contribution in [1.82, 2.24) is 10.2 Å². The van der Waals surface area contributed by atoms with Gasteiger partial charge in [0.15, 0.2) is 0 Å². The summed E-state index contributed by atoms with van der Waals surface area (Å²) in [6.07, 6.45) is -0.576. The maximum Gasteiger partial charge on any atom is 0.414 e. The number of carbonyl (C=O) groups excluding carboxylic acids is 2. The van der Waals surface area contributed by atoms with Crippen molar-refractivity contribution in [3.63, 3.8) is 0 Å². The molecule has 2 amide bonds. The van der Waals surface area contributed by atoms with Crippen LogP contribution in [0.5, 0.6) is 0 Å². The van der Waals surface area contributed by atoms with E-state index < -0.39 is 0 Å². The lowest BCUT2D eigenvalue weighted by Gasteiger charge is -2.19. The van der Waals surface area contributed by atoms with Gasteiger partial charge in [-0.15, -0.1) is 0 Å². The van der Waals surface area contributed by atoms with Gasteiger partial charge in [0, 0.05) is 18.4 Å². The van der Waals surface area contributed by atoms with Gasteiger partial charge >= 0.3 is 6.09 Å². The molecule has 24 heavy (non-hydrogen) atoms. The summed E-state index contributed by atoms with van der Waals surface area (Å²) in [6, 6.07) is 7.59. The fourth-order valence-corrected chi connectivity index (χ4v) is 2.86. The van der Waals surface area contributed by atoms with Gasteiger partial charge in [-0.25, -0.2) is 4.79 Å². The molecule has 0 aliphatic carbocycles. The van der Waals surface area contributed by atoms with E-state index in [4.69, 9.17) is 17.0 Å². The molecule has 0 spiro atoms. The Morgan fingerprint density at radius 3 is 2.54 bits per heavy atom. The Balaban J connectivity index is 1.64. The number of hydrogen-bond donors (Lipinski definition) is 1. The number of amides is 2. The van der Waals surface area contributed by atoms with Crippen LogP contribution in [-0.2, 0) is 9.53 Å². The third-order valence-corrected chi connectivity index (χ3v) is 4.26. The van der Waals surface area contributed by atoms with Crippen molar-refractivity contribution in [3.8, 4) is 0 Å². The molecule has 1 aromatic rings. The van der Waals surface area contributed by atoms with E-state index in [2.05, 4.69) is 5.32 Å². The highest BCUT2D eigenvalue weighted by Crippen LogP contribution is 2.26. The second kappa shape index (κ2) is 6.64. The summed E-state index contributed by atoms with van der Waals surface area (Å²) in [4.78, 5) is 29.6. The van der Waals surface area contributed by atoms with Crippen LogP contribution in [0.2, 0.25) is 0 Å². The Morgan fingerprint density at radius 2 is 1.96 bits per heavy atom. The van der Waals surface area contributed by atoms with Crippen LogP contribution in [0, 0.1) is 0 Å². The quantitative estimate of drug-likeness (QED) is 0.825. The highest BCUT2D eigenvalue weighted by Gasteiger charge is 2.32. The molecule has 2 saturated heterocycles. The molecule has 1 N–H and O–H groups in total. The van der Waals surface area contributed by atoms with E-state index in [0.717, 1.165) is 11.4 Å². The molecule has 0 bridgehead atoms. The van der Waals surface area contributed by atoms with Crippen LogP contribution in [0.15, 0.2) is 24.3 Å². The molecule has 1 aromatic carbocycles. The summed E-state index contributed by atoms with van der Waals surface area (Å²) in [5, 5.41) is 3.02. The highest BCUT2D eigenvalue weighted by atomic mass is 32.1. The van der Waals surface area contributed by atoms with E-state index in [1.54, 1.807) is 23.8 Å². The minimum Gasteiger partial charge on any atom is -0.442 e. The molecule has 7 nitrogen and oxygen atoms in total. The highest BCUT2D eigenvalue weighted by molar-refractivity contribution is 7.80. The van der Waals surface area contributed by atoms with Gasteiger partial charge in [-0.2, -0.15) is 0 Å². The monoisotopic (exact) mass is 348 g/mol. The molecule has 2 heterocycles.